The fraction of sp³-hybridized carbons (Fsp3) is 0.435. The summed E-state index contributed by atoms with van der Waals surface area (Å²) in [5.74, 6) is 2.18. The fourth-order valence-corrected chi connectivity index (χ4v) is 3.30. The molecule has 0 aliphatic carbocycles. The number of guanidine groups is 1. The monoisotopic (exact) mass is 412 g/mol. The molecule has 0 bridgehead atoms. The molecule has 0 spiro atoms. The van der Waals surface area contributed by atoms with E-state index < -0.39 is 0 Å². The van der Waals surface area contributed by atoms with Gasteiger partial charge in [0.1, 0.15) is 18.1 Å². The Morgan fingerprint density at radius 1 is 1.20 bits per heavy atom. The molecule has 3 N–H and O–H groups in total. The summed E-state index contributed by atoms with van der Waals surface area (Å²) in [5.41, 5.74) is 8.32. The number of nitrogens with one attached hydrogen (secondary N) is 1. The van der Waals surface area contributed by atoms with Crippen molar-refractivity contribution in [1.29, 1.82) is 0 Å². The van der Waals surface area contributed by atoms with Gasteiger partial charge in [0.15, 0.2) is 5.96 Å². The Morgan fingerprint density at radius 3 is 2.90 bits per heavy atom. The third-order valence-electron chi connectivity index (χ3n) is 5.03. The van der Waals surface area contributed by atoms with Gasteiger partial charge in [-0.05, 0) is 30.8 Å². The number of aliphatic imine (C=N–C) groups is 1. The van der Waals surface area contributed by atoms with Crippen molar-refractivity contribution in [3.63, 3.8) is 0 Å². The quantitative estimate of drug-likeness (QED) is 0.461. The topological polar surface area (TPSA) is 81.3 Å². The van der Waals surface area contributed by atoms with Crippen LogP contribution in [0.25, 0.3) is 0 Å². The number of nitrogens with zero attached hydrogens (tertiary/aromatic N) is 2. The first-order valence-corrected chi connectivity index (χ1v) is 10.3. The summed E-state index contributed by atoms with van der Waals surface area (Å²) in [4.78, 5) is 6.69. The molecule has 3 rings (SSSR count). The predicted molar refractivity (Wildman–Crippen MR) is 119 cm³/mol. The maximum Gasteiger partial charge on any atom is 0.189 e. The van der Waals surface area contributed by atoms with Crippen LogP contribution in [0.3, 0.4) is 0 Å². The molecule has 1 atom stereocenters. The van der Waals surface area contributed by atoms with E-state index in [2.05, 4.69) is 28.3 Å². The Balaban J connectivity index is 1.49. The second kappa shape index (κ2) is 11.4. The van der Waals surface area contributed by atoms with Crippen molar-refractivity contribution in [1.82, 2.24) is 10.2 Å². The molecule has 7 nitrogen and oxygen atoms in total. The maximum absolute atomic E-state index is 6.15. The van der Waals surface area contributed by atoms with Crippen molar-refractivity contribution in [2.45, 2.75) is 19.0 Å². The van der Waals surface area contributed by atoms with Crippen LogP contribution < -0.4 is 20.5 Å². The van der Waals surface area contributed by atoms with Crippen molar-refractivity contribution in [3.05, 3.63) is 59.7 Å². The average Bonchev–Trinajstić information content (AvgIpc) is 2.77. The summed E-state index contributed by atoms with van der Waals surface area (Å²) in [6.45, 7) is 4.24. The minimum atomic E-state index is 0.114. The molecule has 2 aromatic carbocycles. The van der Waals surface area contributed by atoms with Crippen LogP contribution in [0.1, 0.15) is 23.6 Å². The molecule has 1 aliphatic heterocycles. The van der Waals surface area contributed by atoms with Gasteiger partial charge in [0, 0.05) is 32.2 Å². The van der Waals surface area contributed by atoms with Gasteiger partial charge in [0.2, 0.25) is 0 Å². The van der Waals surface area contributed by atoms with Crippen LogP contribution >= 0.6 is 0 Å². The Morgan fingerprint density at radius 2 is 2.03 bits per heavy atom. The van der Waals surface area contributed by atoms with E-state index >= 15 is 0 Å². The third-order valence-corrected chi connectivity index (χ3v) is 5.03. The number of methoxy groups -OCH3 is 1. The van der Waals surface area contributed by atoms with Crippen LogP contribution in [-0.4, -0.2) is 57.9 Å². The Hall–Kier alpha value is -2.77. The molecule has 7 heteroatoms. The molecule has 1 unspecified atom stereocenters. The van der Waals surface area contributed by atoms with E-state index in [1.165, 1.54) is 0 Å². The molecule has 0 saturated carbocycles. The molecule has 0 amide bonds. The summed E-state index contributed by atoms with van der Waals surface area (Å²) < 4.78 is 16.7. The minimum absolute atomic E-state index is 0.114. The van der Waals surface area contributed by atoms with Gasteiger partial charge < -0.3 is 30.2 Å². The molecular weight excluding hydrogens is 380 g/mol. The van der Waals surface area contributed by atoms with Gasteiger partial charge in [-0.15, -0.1) is 0 Å². The van der Waals surface area contributed by atoms with E-state index in [-0.39, 0.29) is 6.04 Å². The molecule has 162 valence electrons. The molecule has 0 saturated heterocycles. The van der Waals surface area contributed by atoms with Gasteiger partial charge in [-0.3, -0.25) is 0 Å². The molecule has 1 aliphatic rings. The number of hydrogen-bond acceptors (Lipinski definition) is 5. The van der Waals surface area contributed by atoms with E-state index in [4.69, 9.17) is 19.9 Å². The Kier molecular flexibility index (Phi) is 8.35. The van der Waals surface area contributed by atoms with Crippen LogP contribution in [0.2, 0.25) is 0 Å². The molecule has 0 aromatic heterocycles. The lowest BCUT2D eigenvalue weighted by Gasteiger charge is -2.26. The van der Waals surface area contributed by atoms with Crippen molar-refractivity contribution >= 4 is 5.96 Å². The molecule has 0 fully saturated rings. The third kappa shape index (κ3) is 6.64. The first-order chi connectivity index (χ1) is 14.7. The SMILES string of the molecule is COCCN(C)CCOc1cccc(CN=C(N)NC2CCOc3ccccc32)c1. The highest BCUT2D eigenvalue weighted by Gasteiger charge is 2.21. The number of likely N-dealkylation sites (N-methyl/N-ethyl adjacent to an activating group) is 1. The number of benzene rings is 2. The van der Waals surface area contributed by atoms with Gasteiger partial charge in [0.25, 0.3) is 0 Å². The summed E-state index contributed by atoms with van der Waals surface area (Å²) in [5, 5.41) is 3.32. The lowest BCUT2D eigenvalue weighted by atomic mass is 10.0. The van der Waals surface area contributed by atoms with Crippen LogP contribution in [0.5, 0.6) is 11.5 Å². The van der Waals surface area contributed by atoms with Gasteiger partial charge >= 0.3 is 0 Å². The van der Waals surface area contributed by atoms with Gasteiger partial charge in [0.05, 0.1) is 25.8 Å². The number of fused-ring (bicyclic) bond motifs is 1. The largest absolute Gasteiger partial charge is 0.493 e. The summed E-state index contributed by atoms with van der Waals surface area (Å²) >= 11 is 0. The van der Waals surface area contributed by atoms with E-state index in [0.717, 1.165) is 48.7 Å². The Labute approximate surface area is 178 Å². The van der Waals surface area contributed by atoms with Crippen LogP contribution in [-0.2, 0) is 11.3 Å². The van der Waals surface area contributed by atoms with Gasteiger partial charge in [-0.2, -0.15) is 0 Å². The molecule has 0 radical (unpaired) electrons. The van der Waals surface area contributed by atoms with E-state index in [9.17, 15) is 0 Å². The van der Waals surface area contributed by atoms with Crippen LogP contribution in [0.15, 0.2) is 53.5 Å². The number of nitrogens with two attached hydrogens (primary N) is 1. The van der Waals surface area contributed by atoms with Gasteiger partial charge in [-0.25, -0.2) is 4.99 Å². The fourth-order valence-electron chi connectivity index (χ4n) is 3.30. The standard InChI is InChI=1S/C23H32N4O3/c1-27(11-14-28-2)12-15-29-19-7-5-6-18(16-19)17-25-23(24)26-21-10-13-30-22-9-4-3-8-20(21)22/h3-9,16,21H,10-15,17H2,1-2H3,(H3,24,25,26). The highest BCUT2D eigenvalue weighted by molar-refractivity contribution is 5.78. The number of para-hydroxylation sites is 1. The second-order valence-corrected chi connectivity index (χ2v) is 7.37. The number of ether oxygens (including phenoxy) is 3. The summed E-state index contributed by atoms with van der Waals surface area (Å²) in [6, 6.07) is 16.1. The zero-order valence-electron chi connectivity index (χ0n) is 17.8. The Bertz CT molecular complexity index is 828. The van der Waals surface area contributed by atoms with E-state index in [1.54, 1.807) is 7.11 Å². The second-order valence-electron chi connectivity index (χ2n) is 7.37. The molecule has 30 heavy (non-hydrogen) atoms. The lowest BCUT2D eigenvalue weighted by Crippen LogP contribution is -2.37. The smallest absolute Gasteiger partial charge is 0.189 e. The lowest BCUT2D eigenvalue weighted by molar-refractivity contribution is 0.150. The van der Waals surface area contributed by atoms with Gasteiger partial charge in [-0.1, -0.05) is 30.3 Å². The van der Waals surface area contributed by atoms with Crippen LogP contribution in [0, 0.1) is 0 Å². The minimum Gasteiger partial charge on any atom is -0.493 e. The normalized spacial score (nSPS) is 16.1. The maximum atomic E-state index is 6.15. The molecular formula is C23H32N4O3. The number of hydrogen-bond donors (Lipinski definition) is 2. The number of rotatable bonds is 10. The first kappa shape index (κ1) is 21.9. The highest BCUT2D eigenvalue weighted by Crippen LogP contribution is 2.31. The van der Waals surface area contributed by atoms with Crippen LogP contribution in [0.4, 0.5) is 0 Å². The zero-order valence-corrected chi connectivity index (χ0v) is 17.8. The van der Waals surface area contributed by atoms with E-state index in [0.29, 0.717) is 25.7 Å². The summed E-state index contributed by atoms with van der Waals surface area (Å²) in [7, 11) is 3.77. The van der Waals surface area contributed by atoms with Crippen molar-refractivity contribution in [3.8, 4) is 11.5 Å². The molecule has 2 aromatic rings. The molecule has 1 heterocycles. The predicted octanol–water partition coefficient (Wildman–Crippen LogP) is 2.57. The van der Waals surface area contributed by atoms with Crippen molar-refractivity contribution in [2.75, 3.05) is 47.1 Å². The van der Waals surface area contributed by atoms with E-state index in [1.807, 2.05) is 42.5 Å². The first-order valence-electron chi connectivity index (χ1n) is 10.3. The highest BCUT2D eigenvalue weighted by atomic mass is 16.5. The average molecular weight is 413 g/mol. The van der Waals surface area contributed by atoms with Crippen molar-refractivity contribution < 1.29 is 14.2 Å². The summed E-state index contributed by atoms with van der Waals surface area (Å²) in [6.07, 6.45) is 0.857. The van der Waals surface area contributed by atoms with Crippen molar-refractivity contribution in [2.24, 2.45) is 10.7 Å². The zero-order chi connectivity index (χ0) is 21.2.